The van der Waals surface area contributed by atoms with Crippen molar-refractivity contribution in [1.82, 2.24) is 4.90 Å². The molecule has 1 aliphatic rings. The molecule has 0 bridgehead atoms. The van der Waals surface area contributed by atoms with Gasteiger partial charge >= 0.3 is 0 Å². The summed E-state index contributed by atoms with van der Waals surface area (Å²) in [5, 5.41) is 0.608. The van der Waals surface area contributed by atoms with E-state index in [1.807, 2.05) is 25.1 Å². The smallest absolute Gasteiger partial charge is 0.223 e. The lowest BCUT2D eigenvalue weighted by molar-refractivity contribution is -0.133. The molecule has 6 heteroatoms. The molecule has 1 aliphatic heterocycles. The van der Waals surface area contributed by atoms with Crippen LogP contribution in [0.2, 0.25) is 5.02 Å². The lowest BCUT2D eigenvalue weighted by atomic mass is 10.1. The van der Waals surface area contributed by atoms with E-state index < -0.39 is 9.84 Å². The van der Waals surface area contributed by atoms with Gasteiger partial charge in [0, 0.05) is 24.0 Å². The van der Waals surface area contributed by atoms with E-state index in [1.54, 1.807) is 11.0 Å². The van der Waals surface area contributed by atoms with E-state index in [0.717, 1.165) is 18.4 Å². The second kappa shape index (κ2) is 7.47. The van der Waals surface area contributed by atoms with Gasteiger partial charge in [-0.15, -0.1) is 0 Å². The SMILES string of the molecule is CCCCC(=O)N(Cc1ccccc1Cl)C1CCS(=O)(=O)C1. The summed E-state index contributed by atoms with van der Waals surface area (Å²) in [6.45, 7) is 2.41. The van der Waals surface area contributed by atoms with Crippen molar-refractivity contribution < 1.29 is 13.2 Å². The second-order valence-corrected chi connectivity index (χ2v) is 8.41. The van der Waals surface area contributed by atoms with Gasteiger partial charge in [0.05, 0.1) is 11.5 Å². The number of unbranched alkanes of at least 4 members (excludes halogenated alkanes) is 1. The number of hydrogen-bond donors (Lipinski definition) is 0. The number of carbonyl (C=O) groups excluding carboxylic acids is 1. The maximum Gasteiger partial charge on any atom is 0.223 e. The monoisotopic (exact) mass is 343 g/mol. The van der Waals surface area contributed by atoms with Crippen molar-refractivity contribution in [3.05, 3.63) is 34.9 Å². The summed E-state index contributed by atoms with van der Waals surface area (Å²) in [7, 11) is -3.02. The summed E-state index contributed by atoms with van der Waals surface area (Å²) >= 11 is 6.18. The highest BCUT2D eigenvalue weighted by Gasteiger charge is 2.34. The summed E-state index contributed by atoms with van der Waals surface area (Å²) in [6.07, 6.45) is 2.73. The maximum absolute atomic E-state index is 12.5. The molecule has 1 saturated heterocycles. The van der Waals surface area contributed by atoms with Crippen LogP contribution in [0.4, 0.5) is 0 Å². The number of carbonyl (C=O) groups is 1. The van der Waals surface area contributed by atoms with E-state index >= 15 is 0 Å². The fraction of sp³-hybridized carbons (Fsp3) is 0.562. The number of nitrogens with zero attached hydrogens (tertiary/aromatic N) is 1. The van der Waals surface area contributed by atoms with Gasteiger partial charge in [0.2, 0.25) is 5.91 Å². The van der Waals surface area contributed by atoms with Crippen LogP contribution in [0.25, 0.3) is 0 Å². The first-order valence-corrected chi connectivity index (χ1v) is 9.86. The highest BCUT2D eigenvalue weighted by Crippen LogP contribution is 2.24. The summed E-state index contributed by atoms with van der Waals surface area (Å²) in [4.78, 5) is 14.2. The van der Waals surface area contributed by atoms with E-state index in [-0.39, 0.29) is 23.5 Å². The van der Waals surface area contributed by atoms with Crippen molar-refractivity contribution in [2.24, 2.45) is 0 Å². The zero-order chi connectivity index (χ0) is 16.2. The predicted molar refractivity (Wildman–Crippen MR) is 88.6 cm³/mol. The van der Waals surface area contributed by atoms with Gasteiger partial charge in [-0.25, -0.2) is 8.42 Å². The van der Waals surface area contributed by atoms with E-state index in [2.05, 4.69) is 0 Å². The summed E-state index contributed by atoms with van der Waals surface area (Å²) in [5.41, 5.74) is 0.860. The molecule has 2 rings (SSSR count). The van der Waals surface area contributed by atoms with Crippen molar-refractivity contribution in [3.63, 3.8) is 0 Å². The zero-order valence-corrected chi connectivity index (χ0v) is 14.4. The van der Waals surface area contributed by atoms with Gasteiger partial charge in [-0.05, 0) is 24.5 Å². The third-order valence-corrected chi connectivity index (χ3v) is 6.13. The summed E-state index contributed by atoms with van der Waals surface area (Å²) in [5.74, 6) is 0.247. The Labute approximate surface area is 137 Å². The third kappa shape index (κ3) is 4.46. The Bertz CT molecular complexity index is 630. The van der Waals surface area contributed by atoms with Gasteiger partial charge in [-0.1, -0.05) is 43.1 Å². The van der Waals surface area contributed by atoms with Crippen LogP contribution in [0, 0.1) is 0 Å². The number of hydrogen-bond acceptors (Lipinski definition) is 3. The molecule has 1 aromatic rings. The molecule has 1 fully saturated rings. The second-order valence-electron chi connectivity index (χ2n) is 5.77. The number of halogens is 1. The standard InChI is InChI=1S/C16H22ClNO3S/c1-2-3-8-16(19)18(14-9-10-22(20,21)12-14)11-13-6-4-5-7-15(13)17/h4-7,14H,2-3,8-12H2,1H3. The minimum absolute atomic E-state index is 0.0175. The van der Waals surface area contributed by atoms with Crippen LogP contribution in [0.1, 0.15) is 38.2 Å². The van der Waals surface area contributed by atoms with Crippen molar-refractivity contribution in [1.29, 1.82) is 0 Å². The normalized spacial score (nSPS) is 20.0. The van der Waals surface area contributed by atoms with E-state index in [4.69, 9.17) is 11.6 Å². The molecule has 0 spiro atoms. The van der Waals surface area contributed by atoms with Gasteiger partial charge in [0.1, 0.15) is 0 Å². The fourth-order valence-electron chi connectivity index (χ4n) is 2.72. The van der Waals surface area contributed by atoms with Gasteiger partial charge < -0.3 is 4.90 Å². The molecule has 1 unspecified atom stereocenters. The Hall–Kier alpha value is -1.07. The van der Waals surface area contributed by atoms with Crippen LogP contribution < -0.4 is 0 Å². The molecule has 1 atom stereocenters. The Balaban J connectivity index is 2.18. The van der Waals surface area contributed by atoms with Gasteiger partial charge in [-0.3, -0.25) is 4.79 Å². The van der Waals surface area contributed by atoms with Crippen LogP contribution in [0.3, 0.4) is 0 Å². The molecule has 1 heterocycles. The first-order valence-electron chi connectivity index (χ1n) is 7.66. The van der Waals surface area contributed by atoms with Crippen LogP contribution >= 0.6 is 11.6 Å². The Morgan fingerprint density at radius 2 is 2.09 bits per heavy atom. The van der Waals surface area contributed by atoms with E-state index in [1.165, 1.54) is 0 Å². The number of benzene rings is 1. The molecular formula is C16H22ClNO3S. The molecule has 0 aliphatic carbocycles. The Morgan fingerprint density at radius 1 is 1.36 bits per heavy atom. The highest BCUT2D eigenvalue weighted by molar-refractivity contribution is 7.91. The molecule has 0 N–H and O–H groups in total. The first-order chi connectivity index (χ1) is 10.4. The highest BCUT2D eigenvalue weighted by atomic mass is 35.5. The van der Waals surface area contributed by atoms with Gasteiger partial charge in [0.25, 0.3) is 0 Å². The maximum atomic E-state index is 12.5. The van der Waals surface area contributed by atoms with Crippen molar-refractivity contribution in [2.75, 3.05) is 11.5 Å². The quantitative estimate of drug-likeness (QED) is 0.797. The third-order valence-electron chi connectivity index (χ3n) is 4.01. The van der Waals surface area contributed by atoms with E-state index in [0.29, 0.717) is 24.4 Å². The topological polar surface area (TPSA) is 54.5 Å². The molecule has 0 saturated carbocycles. The number of rotatable bonds is 6. The molecule has 122 valence electrons. The fourth-order valence-corrected chi connectivity index (χ4v) is 4.65. The van der Waals surface area contributed by atoms with Gasteiger partial charge in [-0.2, -0.15) is 0 Å². The molecule has 0 aromatic heterocycles. The Kier molecular flexibility index (Phi) is 5.87. The largest absolute Gasteiger partial charge is 0.334 e. The molecule has 0 radical (unpaired) electrons. The van der Waals surface area contributed by atoms with Crippen LogP contribution in [-0.4, -0.2) is 36.8 Å². The number of sulfone groups is 1. The van der Waals surface area contributed by atoms with Crippen molar-refractivity contribution >= 4 is 27.3 Å². The Morgan fingerprint density at radius 3 is 2.68 bits per heavy atom. The zero-order valence-electron chi connectivity index (χ0n) is 12.8. The molecule has 1 aromatic carbocycles. The average molecular weight is 344 g/mol. The lowest BCUT2D eigenvalue weighted by Crippen LogP contribution is -2.40. The number of amides is 1. The molecule has 1 amide bonds. The van der Waals surface area contributed by atoms with E-state index in [9.17, 15) is 13.2 Å². The minimum Gasteiger partial charge on any atom is -0.334 e. The van der Waals surface area contributed by atoms with Crippen molar-refractivity contribution in [2.45, 2.75) is 45.2 Å². The van der Waals surface area contributed by atoms with Crippen LogP contribution in [0.15, 0.2) is 24.3 Å². The minimum atomic E-state index is -3.02. The predicted octanol–water partition coefficient (Wildman–Crippen LogP) is 3.05. The molecular weight excluding hydrogens is 322 g/mol. The van der Waals surface area contributed by atoms with Gasteiger partial charge in [0.15, 0.2) is 9.84 Å². The first kappa shape index (κ1) is 17.3. The molecule has 22 heavy (non-hydrogen) atoms. The van der Waals surface area contributed by atoms with Crippen LogP contribution in [0.5, 0.6) is 0 Å². The van der Waals surface area contributed by atoms with Crippen LogP contribution in [-0.2, 0) is 21.2 Å². The lowest BCUT2D eigenvalue weighted by Gasteiger charge is -2.29. The average Bonchev–Trinajstić information content (AvgIpc) is 2.83. The van der Waals surface area contributed by atoms with Crippen molar-refractivity contribution in [3.8, 4) is 0 Å². The summed E-state index contributed by atoms with van der Waals surface area (Å²) in [6, 6.07) is 7.16. The molecule has 4 nitrogen and oxygen atoms in total. The summed E-state index contributed by atoms with van der Waals surface area (Å²) < 4.78 is 23.5.